The molecule has 5 nitrogen and oxygen atoms in total. The first kappa shape index (κ1) is 12.0. The number of rotatable bonds is 0. The highest BCUT2D eigenvalue weighted by Crippen LogP contribution is 2.46. The van der Waals surface area contributed by atoms with Gasteiger partial charge in [0, 0.05) is 7.05 Å². The average Bonchev–Trinajstić information content (AvgIpc) is 2.81. The summed E-state index contributed by atoms with van der Waals surface area (Å²) in [6, 6.07) is 12.5. The Labute approximate surface area is 126 Å². The standard InChI is InChI=1S/C17H15N3O2/c1-18-16(21)19-13-8-9-14(20(19)17(18)22)15-11-5-3-2-4-10(11)6-7-12(13)15/h2-7,13-14H,8-9H2,1H3. The number of benzene rings is 2. The van der Waals surface area contributed by atoms with Crippen LogP contribution < -0.4 is 11.4 Å². The molecule has 3 aliphatic rings. The molecule has 110 valence electrons. The van der Waals surface area contributed by atoms with Crippen molar-refractivity contribution < 1.29 is 0 Å². The van der Waals surface area contributed by atoms with Gasteiger partial charge in [-0.3, -0.25) is 0 Å². The third-order valence-corrected chi connectivity index (χ3v) is 5.20. The summed E-state index contributed by atoms with van der Waals surface area (Å²) in [5.74, 6) is 0. The monoisotopic (exact) mass is 293 g/mol. The van der Waals surface area contributed by atoms with Crippen molar-refractivity contribution in [1.82, 2.24) is 13.9 Å². The quantitative estimate of drug-likeness (QED) is 0.634. The van der Waals surface area contributed by atoms with Gasteiger partial charge < -0.3 is 0 Å². The van der Waals surface area contributed by atoms with E-state index in [4.69, 9.17) is 0 Å². The maximum atomic E-state index is 12.5. The highest BCUT2D eigenvalue weighted by Gasteiger charge is 2.41. The van der Waals surface area contributed by atoms with Crippen molar-refractivity contribution in [3.63, 3.8) is 0 Å². The Balaban J connectivity index is 1.95. The molecule has 2 aromatic carbocycles. The Morgan fingerprint density at radius 2 is 1.59 bits per heavy atom. The van der Waals surface area contributed by atoms with Crippen molar-refractivity contribution in [2.45, 2.75) is 24.9 Å². The fourth-order valence-electron chi connectivity index (χ4n) is 4.23. The summed E-state index contributed by atoms with van der Waals surface area (Å²) in [6.45, 7) is 0. The van der Waals surface area contributed by atoms with Gasteiger partial charge in [-0.25, -0.2) is 23.5 Å². The van der Waals surface area contributed by atoms with Crippen LogP contribution in [0.5, 0.6) is 0 Å². The molecule has 22 heavy (non-hydrogen) atoms. The third-order valence-electron chi connectivity index (χ3n) is 5.20. The van der Waals surface area contributed by atoms with E-state index in [1.807, 2.05) is 12.1 Å². The minimum Gasteiger partial charge on any atom is -0.246 e. The van der Waals surface area contributed by atoms with Crippen LogP contribution in [0.4, 0.5) is 0 Å². The van der Waals surface area contributed by atoms with Crippen LogP contribution >= 0.6 is 0 Å². The minimum atomic E-state index is -0.210. The normalized spacial score (nSPS) is 21.9. The van der Waals surface area contributed by atoms with E-state index in [9.17, 15) is 9.59 Å². The molecule has 3 heterocycles. The second-order valence-electron chi connectivity index (χ2n) is 6.21. The zero-order valence-electron chi connectivity index (χ0n) is 12.2. The lowest BCUT2D eigenvalue weighted by Crippen LogP contribution is -2.43. The zero-order chi connectivity index (χ0) is 15.0. The number of aromatic nitrogens is 3. The van der Waals surface area contributed by atoms with Crippen molar-refractivity contribution in [3.8, 4) is 0 Å². The molecular weight excluding hydrogens is 278 g/mol. The molecule has 0 saturated heterocycles. The molecule has 0 radical (unpaired) electrons. The number of hydrogen-bond donors (Lipinski definition) is 0. The lowest BCUT2D eigenvalue weighted by molar-refractivity contribution is 0.240. The number of nitrogens with zero attached hydrogens (tertiary/aromatic N) is 3. The van der Waals surface area contributed by atoms with E-state index < -0.39 is 0 Å². The van der Waals surface area contributed by atoms with E-state index in [0.717, 1.165) is 12.8 Å². The molecule has 0 amide bonds. The molecule has 0 spiro atoms. The van der Waals surface area contributed by atoms with E-state index in [1.54, 1.807) is 16.4 Å². The Morgan fingerprint density at radius 3 is 2.41 bits per heavy atom. The molecule has 0 saturated carbocycles. The molecule has 0 fully saturated rings. The van der Waals surface area contributed by atoms with E-state index in [2.05, 4.69) is 24.3 Å². The van der Waals surface area contributed by atoms with Crippen LogP contribution in [-0.2, 0) is 7.05 Å². The summed E-state index contributed by atoms with van der Waals surface area (Å²) in [5, 5.41) is 2.39. The lowest BCUT2D eigenvalue weighted by Gasteiger charge is -2.40. The molecule has 2 aliphatic heterocycles. The van der Waals surface area contributed by atoms with Crippen LogP contribution in [0.25, 0.3) is 10.8 Å². The maximum Gasteiger partial charge on any atom is 0.347 e. The topological polar surface area (TPSA) is 48.9 Å². The van der Waals surface area contributed by atoms with Gasteiger partial charge in [0.2, 0.25) is 0 Å². The second-order valence-corrected chi connectivity index (χ2v) is 6.21. The number of fused-ring (bicyclic) bond motifs is 2. The maximum absolute atomic E-state index is 12.5. The Bertz CT molecular complexity index is 1050. The predicted octanol–water partition coefficient (Wildman–Crippen LogP) is 1.79. The van der Waals surface area contributed by atoms with Gasteiger partial charge >= 0.3 is 11.4 Å². The van der Waals surface area contributed by atoms with Crippen LogP contribution in [0.1, 0.15) is 36.1 Å². The summed E-state index contributed by atoms with van der Waals surface area (Å²) >= 11 is 0. The van der Waals surface area contributed by atoms with Crippen molar-refractivity contribution in [2.24, 2.45) is 7.05 Å². The Hall–Kier alpha value is -2.56. The van der Waals surface area contributed by atoms with Gasteiger partial charge in [0.25, 0.3) is 0 Å². The SMILES string of the molecule is Cn1c(=O)n2n(c1=O)C1CCC2c2ccc3ccccc3c21. The van der Waals surface area contributed by atoms with Crippen LogP contribution in [-0.4, -0.2) is 13.9 Å². The highest BCUT2D eigenvalue weighted by atomic mass is 16.2. The summed E-state index contributed by atoms with van der Waals surface area (Å²) in [6.07, 6.45) is 1.83. The smallest absolute Gasteiger partial charge is 0.246 e. The molecule has 0 N–H and O–H groups in total. The fraction of sp³-hybridized carbons (Fsp3) is 0.294. The van der Waals surface area contributed by atoms with Gasteiger partial charge in [0.15, 0.2) is 0 Å². The number of hydrogen-bond acceptors (Lipinski definition) is 2. The van der Waals surface area contributed by atoms with Crippen molar-refractivity contribution >= 4 is 10.8 Å². The zero-order valence-corrected chi connectivity index (χ0v) is 12.2. The Kier molecular flexibility index (Phi) is 2.08. The highest BCUT2D eigenvalue weighted by molar-refractivity contribution is 5.87. The Morgan fingerprint density at radius 1 is 0.909 bits per heavy atom. The van der Waals surface area contributed by atoms with Gasteiger partial charge in [-0.1, -0.05) is 36.4 Å². The third kappa shape index (κ3) is 1.21. The molecule has 6 rings (SSSR count). The first-order chi connectivity index (χ1) is 10.7. The largest absolute Gasteiger partial charge is 0.347 e. The van der Waals surface area contributed by atoms with Gasteiger partial charge in [-0.15, -0.1) is 0 Å². The summed E-state index contributed by atoms with van der Waals surface area (Å²) in [7, 11) is 1.56. The lowest BCUT2D eigenvalue weighted by atomic mass is 9.80. The van der Waals surface area contributed by atoms with Crippen molar-refractivity contribution in [2.75, 3.05) is 0 Å². The molecule has 5 heteroatoms. The average molecular weight is 293 g/mol. The molecule has 1 aliphatic carbocycles. The predicted molar refractivity (Wildman–Crippen MR) is 83.4 cm³/mol. The fourth-order valence-corrected chi connectivity index (χ4v) is 4.23. The van der Waals surface area contributed by atoms with Crippen LogP contribution in [0.15, 0.2) is 46.0 Å². The van der Waals surface area contributed by atoms with Gasteiger partial charge in [-0.05, 0) is 34.7 Å². The van der Waals surface area contributed by atoms with Crippen molar-refractivity contribution in [1.29, 1.82) is 0 Å². The molecule has 2 atom stereocenters. The van der Waals surface area contributed by atoms with E-state index in [-0.39, 0.29) is 23.5 Å². The molecular formula is C17H15N3O2. The molecule has 3 aromatic rings. The summed E-state index contributed by atoms with van der Waals surface area (Å²) < 4.78 is 4.55. The van der Waals surface area contributed by atoms with E-state index >= 15 is 0 Å². The van der Waals surface area contributed by atoms with Crippen LogP contribution in [0.2, 0.25) is 0 Å². The minimum absolute atomic E-state index is 0.0222. The molecule has 1 aromatic heterocycles. The van der Waals surface area contributed by atoms with Gasteiger partial charge in [-0.2, -0.15) is 0 Å². The molecule has 2 bridgehead atoms. The summed E-state index contributed by atoms with van der Waals surface area (Å²) in [4.78, 5) is 24.9. The van der Waals surface area contributed by atoms with Crippen LogP contribution in [0, 0.1) is 0 Å². The molecule has 2 unspecified atom stereocenters. The first-order valence-corrected chi connectivity index (χ1v) is 7.60. The van der Waals surface area contributed by atoms with Crippen molar-refractivity contribution in [3.05, 3.63) is 68.5 Å². The van der Waals surface area contributed by atoms with Gasteiger partial charge in [0.1, 0.15) is 0 Å². The van der Waals surface area contributed by atoms with E-state index in [1.165, 1.54) is 26.5 Å². The van der Waals surface area contributed by atoms with Gasteiger partial charge in [0.05, 0.1) is 12.1 Å². The summed E-state index contributed by atoms with van der Waals surface area (Å²) in [5.41, 5.74) is 2.00. The van der Waals surface area contributed by atoms with Crippen LogP contribution in [0.3, 0.4) is 0 Å². The first-order valence-electron chi connectivity index (χ1n) is 7.60. The second kappa shape index (κ2) is 3.80. The van der Waals surface area contributed by atoms with E-state index in [0.29, 0.717) is 0 Å².